The minimum atomic E-state index is 0.0189. The van der Waals surface area contributed by atoms with E-state index in [0.717, 1.165) is 5.69 Å². The highest BCUT2D eigenvalue weighted by atomic mass is 32.2. The van der Waals surface area contributed by atoms with Crippen LogP contribution in [0.5, 0.6) is 0 Å². The molecule has 0 saturated carbocycles. The van der Waals surface area contributed by atoms with Gasteiger partial charge in [0.25, 0.3) is 0 Å². The van der Waals surface area contributed by atoms with Gasteiger partial charge >= 0.3 is 0 Å². The van der Waals surface area contributed by atoms with Crippen LogP contribution in [0.3, 0.4) is 0 Å². The zero-order valence-corrected chi connectivity index (χ0v) is 17.5. The first-order valence-electron chi connectivity index (χ1n) is 9.55. The van der Waals surface area contributed by atoms with Crippen LogP contribution in [-0.2, 0) is 10.2 Å². The highest BCUT2D eigenvalue weighted by Crippen LogP contribution is 2.35. The number of amides is 1. The van der Waals surface area contributed by atoms with Gasteiger partial charge in [-0.05, 0) is 34.2 Å². The molecule has 3 rings (SSSR count). The number of carbonyl (C=O) groups is 1. The number of anilines is 1. The Labute approximate surface area is 172 Å². The zero-order valence-electron chi connectivity index (χ0n) is 16.7. The first kappa shape index (κ1) is 20.2. The van der Waals surface area contributed by atoms with E-state index in [1.807, 2.05) is 48.5 Å². The molecule has 1 amide bonds. The molecule has 0 bridgehead atoms. The fourth-order valence-electron chi connectivity index (χ4n) is 3.05. The molecular weight excluding hydrogens is 362 g/mol. The van der Waals surface area contributed by atoms with Crippen molar-refractivity contribution in [3.8, 4) is 0 Å². The quantitative estimate of drug-likeness (QED) is 0.525. The maximum atomic E-state index is 12.5. The van der Waals surface area contributed by atoms with Crippen LogP contribution in [-0.4, -0.2) is 11.7 Å². The molecule has 0 aromatic heterocycles. The maximum absolute atomic E-state index is 12.5. The first-order valence-corrected chi connectivity index (χ1v) is 10.6. The van der Waals surface area contributed by atoms with Crippen LogP contribution < -0.4 is 5.32 Å². The minimum absolute atomic E-state index is 0.0189. The Morgan fingerprint density at radius 1 is 0.821 bits per heavy atom. The molecule has 0 spiro atoms. The Hall–Kier alpha value is -2.52. The summed E-state index contributed by atoms with van der Waals surface area (Å²) in [5.74, 6) is 0.417. The van der Waals surface area contributed by atoms with Gasteiger partial charge in [-0.25, -0.2) is 0 Å². The van der Waals surface area contributed by atoms with Gasteiger partial charge in [0.15, 0.2) is 0 Å². The Morgan fingerprint density at radius 2 is 1.32 bits per heavy atom. The summed E-state index contributed by atoms with van der Waals surface area (Å²) in [6, 6.07) is 28.8. The third-order valence-electron chi connectivity index (χ3n) is 4.62. The summed E-state index contributed by atoms with van der Waals surface area (Å²) in [7, 11) is 0. The summed E-state index contributed by atoms with van der Waals surface area (Å²) in [4.78, 5) is 12.5. The zero-order chi connectivity index (χ0) is 20.0. The van der Waals surface area contributed by atoms with Gasteiger partial charge in [0, 0.05) is 5.69 Å². The SMILES string of the molecule is CC(C)(C)c1ccc(NC(=O)CSC(c2ccccc2)c2ccccc2)cc1. The second-order valence-corrected chi connectivity index (χ2v) is 8.98. The lowest BCUT2D eigenvalue weighted by Gasteiger charge is -2.19. The molecule has 0 aliphatic heterocycles. The van der Waals surface area contributed by atoms with Gasteiger partial charge in [-0.2, -0.15) is 0 Å². The minimum Gasteiger partial charge on any atom is -0.325 e. The van der Waals surface area contributed by atoms with Crippen LogP contribution in [0, 0.1) is 0 Å². The Bertz CT molecular complexity index is 844. The largest absolute Gasteiger partial charge is 0.325 e. The third kappa shape index (κ3) is 5.49. The van der Waals surface area contributed by atoms with E-state index in [2.05, 4.69) is 62.5 Å². The molecule has 0 saturated heterocycles. The van der Waals surface area contributed by atoms with Gasteiger partial charge in [-0.1, -0.05) is 93.6 Å². The van der Waals surface area contributed by atoms with Gasteiger partial charge < -0.3 is 5.32 Å². The van der Waals surface area contributed by atoms with E-state index in [1.165, 1.54) is 16.7 Å². The van der Waals surface area contributed by atoms with E-state index in [4.69, 9.17) is 0 Å². The molecule has 1 N–H and O–H groups in total. The molecule has 3 aromatic rings. The van der Waals surface area contributed by atoms with Crippen molar-refractivity contribution in [3.05, 3.63) is 102 Å². The highest BCUT2D eigenvalue weighted by Gasteiger charge is 2.17. The smallest absolute Gasteiger partial charge is 0.234 e. The monoisotopic (exact) mass is 389 g/mol. The van der Waals surface area contributed by atoms with Gasteiger partial charge in [0.05, 0.1) is 11.0 Å². The summed E-state index contributed by atoms with van der Waals surface area (Å²) in [6.07, 6.45) is 0. The van der Waals surface area contributed by atoms with Crippen LogP contribution >= 0.6 is 11.8 Å². The summed E-state index contributed by atoms with van der Waals surface area (Å²) in [5.41, 5.74) is 4.63. The molecule has 2 nitrogen and oxygen atoms in total. The lowest BCUT2D eigenvalue weighted by molar-refractivity contribution is -0.113. The van der Waals surface area contributed by atoms with Crippen LogP contribution in [0.25, 0.3) is 0 Å². The van der Waals surface area contributed by atoms with Gasteiger partial charge in [-0.15, -0.1) is 11.8 Å². The third-order valence-corrected chi connectivity index (χ3v) is 5.93. The molecule has 0 aliphatic rings. The van der Waals surface area contributed by atoms with Crippen molar-refractivity contribution >= 4 is 23.4 Å². The Kier molecular flexibility index (Phi) is 6.58. The van der Waals surface area contributed by atoms with Crippen LogP contribution in [0.1, 0.15) is 42.7 Å². The summed E-state index contributed by atoms with van der Waals surface area (Å²) in [6.45, 7) is 6.56. The Balaban J connectivity index is 1.65. The Morgan fingerprint density at radius 3 is 1.79 bits per heavy atom. The van der Waals surface area contributed by atoms with Crippen LogP contribution in [0.4, 0.5) is 5.69 Å². The number of hydrogen-bond acceptors (Lipinski definition) is 2. The fraction of sp³-hybridized carbons (Fsp3) is 0.240. The molecule has 0 heterocycles. The van der Waals surface area contributed by atoms with Crippen LogP contribution in [0.2, 0.25) is 0 Å². The molecule has 0 fully saturated rings. The van der Waals surface area contributed by atoms with E-state index >= 15 is 0 Å². The van der Waals surface area contributed by atoms with Crippen molar-refractivity contribution in [2.75, 3.05) is 11.1 Å². The maximum Gasteiger partial charge on any atom is 0.234 e. The lowest BCUT2D eigenvalue weighted by Crippen LogP contribution is -2.16. The number of benzene rings is 3. The fourth-order valence-corrected chi connectivity index (χ4v) is 4.14. The molecule has 0 aliphatic carbocycles. The van der Waals surface area contributed by atoms with Gasteiger partial charge in [0.2, 0.25) is 5.91 Å². The summed E-state index contributed by atoms with van der Waals surface area (Å²) >= 11 is 1.65. The molecular formula is C25H27NOS. The second-order valence-electron chi connectivity index (χ2n) is 7.89. The van der Waals surface area contributed by atoms with Crippen molar-refractivity contribution in [1.82, 2.24) is 0 Å². The average Bonchev–Trinajstić information content (AvgIpc) is 2.69. The van der Waals surface area contributed by atoms with E-state index in [9.17, 15) is 4.79 Å². The van der Waals surface area contributed by atoms with Gasteiger partial charge in [0.1, 0.15) is 0 Å². The summed E-state index contributed by atoms with van der Waals surface area (Å²) in [5, 5.41) is 3.15. The molecule has 3 heteroatoms. The molecule has 3 aromatic carbocycles. The lowest BCUT2D eigenvalue weighted by atomic mass is 9.87. The van der Waals surface area contributed by atoms with Crippen molar-refractivity contribution in [2.45, 2.75) is 31.4 Å². The number of hydrogen-bond donors (Lipinski definition) is 1. The number of nitrogens with one attached hydrogen (secondary N) is 1. The molecule has 144 valence electrons. The van der Waals surface area contributed by atoms with E-state index in [-0.39, 0.29) is 16.6 Å². The molecule has 0 atom stereocenters. The van der Waals surface area contributed by atoms with Crippen molar-refractivity contribution < 1.29 is 4.79 Å². The average molecular weight is 390 g/mol. The number of carbonyl (C=O) groups excluding carboxylic acids is 1. The van der Waals surface area contributed by atoms with Crippen molar-refractivity contribution in [1.29, 1.82) is 0 Å². The first-order chi connectivity index (χ1) is 13.4. The van der Waals surface area contributed by atoms with Crippen molar-refractivity contribution in [3.63, 3.8) is 0 Å². The predicted molar refractivity (Wildman–Crippen MR) is 121 cm³/mol. The van der Waals surface area contributed by atoms with E-state index in [1.54, 1.807) is 11.8 Å². The molecule has 0 unspecified atom stereocenters. The second kappa shape index (κ2) is 9.11. The van der Waals surface area contributed by atoms with Gasteiger partial charge in [-0.3, -0.25) is 4.79 Å². The topological polar surface area (TPSA) is 29.1 Å². The van der Waals surface area contributed by atoms with Crippen LogP contribution in [0.15, 0.2) is 84.9 Å². The molecule has 0 radical (unpaired) electrons. The van der Waals surface area contributed by atoms with E-state index in [0.29, 0.717) is 5.75 Å². The van der Waals surface area contributed by atoms with E-state index < -0.39 is 0 Å². The molecule has 28 heavy (non-hydrogen) atoms. The van der Waals surface area contributed by atoms with Crippen molar-refractivity contribution in [2.24, 2.45) is 0 Å². The number of rotatable bonds is 6. The number of thioether (sulfide) groups is 1. The normalized spacial score (nSPS) is 11.4. The predicted octanol–water partition coefficient (Wildman–Crippen LogP) is 6.45. The highest BCUT2D eigenvalue weighted by molar-refractivity contribution is 8.00. The standard InChI is InChI=1S/C25H27NOS/c1-25(2,3)21-14-16-22(17-15-21)26-23(27)18-28-24(19-10-6-4-7-11-19)20-12-8-5-9-13-20/h4-17,24H,18H2,1-3H3,(H,26,27). The summed E-state index contributed by atoms with van der Waals surface area (Å²) < 4.78 is 0.